The molecule has 2 aliphatic heterocycles. The second-order valence-electron chi connectivity index (χ2n) is 2.69. The van der Waals surface area contributed by atoms with Crippen LogP contribution in [0, 0.1) is 0 Å². The van der Waals surface area contributed by atoms with E-state index in [1.165, 1.54) is 6.20 Å². The minimum Gasteiger partial charge on any atom is -0.282 e. The monoisotopic (exact) mass is 234 g/mol. The van der Waals surface area contributed by atoms with E-state index in [4.69, 9.17) is 4.55 Å². The van der Waals surface area contributed by atoms with Crippen LogP contribution in [0.15, 0.2) is 32.9 Å². The van der Waals surface area contributed by atoms with Gasteiger partial charge in [0.25, 0.3) is 10.1 Å². The van der Waals surface area contributed by atoms with E-state index in [0.29, 0.717) is 5.71 Å². The van der Waals surface area contributed by atoms with Gasteiger partial charge in [-0.05, 0) is 0 Å². The molecule has 1 N–H and O–H groups in total. The number of aliphatic imine (C=N–C) groups is 2. The van der Waals surface area contributed by atoms with Crippen LogP contribution >= 0.6 is 12.4 Å². The molecule has 0 saturated carbocycles. The standard InChI is InChI=1S/C7H6N2O3S.ClH/c10-13(11,12)6-1-5-2-8-4-7(5)9-3-6;/h2-4H,1H2,(H,10,11,12);1H. The number of fused-ring (bicyclic) bond motifs is 1. The summed E-state index contributed by atoms with van der Waals surface area (Å²) in [5, 5.41) is 0. The van der Waals surface area contributed by atoms with E-state index in [9.17, 15) is 8.42 Å². The van der Waals surface area contributed by atoms with Gasteiger partial charge in [-0.3, -0.25) is 14.5 Å². The molecular formula is C7H7ClN2O3S. The third-order valence-corrected chi connectivity index (χ3v) is 2.71. The van der Waals surface area contributed by atoms with Crippen molar-refractivity contribution in [2.45, 2.75) is 6.42 Å². The van der Waals surface area contributed by atoms with Gasteiger partial charge in [-0.2, -0.15) is 8.42 Å². The lowest BCUT2D eigenvalue weighted by atomic mass is 10.1. The number of rotatable bonds is 1. The molecule has 0 amide bonds. The molecular weight excluding hydrogens is 228 g/mol. The highest BCUT2D eigenvalue weighted by molar-refractivity contribution is 7.89. The minimum atomic E-state index is -4.11. The fraction of sp³-hybridized carbons (Fsp3) is 0.143. The summed E-state index contributed by atoms with van der Waals surface area (Å²) in [5.74, 6) is 0. The first-order chi connectivity index (χ1) is 6.07. The van der Waals surface area contributed by atoms with Crippen molar-refractivity contribution in [1.29, 1.82) is 0 Å². The average molecular weight is 235 g/mol. The second kappa shape index (κ2) is 3.64. The van der Waals surface area contributed by atoms with Crippen molar-refractivity contribution < 1.29 is 13.0 Å². The van der Waals surface area contributed by atoms with Gasteiger partial charge in [0, 0.05) is 24.4 Å². The van der Waals surface area contributed by atoms with Crippen LogP contribution in [-0.4, -0.2) is 24.9 Å². The van der Waals surface area contributed by atoms with E-state index in [1.54, 1.807) is 6.21 Å². The van der Waals surface area contributed by atoms with Crippen LogP contribution in [0.3, 0.4) is 0 Å². The summed E-state index contributed by atoms with van der Waals surface area (Å²) in [4.78, 5) is 7.56. The van der Waals surface area contributed by atoms with Gasteiger partial charge in [0.1, 0.15) is 0 Å². The lowest BCUT2D eigenvalue weighted by Crippen LogP contribution is -2.11. The lowest BCUT2D eigenvalue weighted by Gasteiger charge is -2.08. The minimum absolute atomic E-state index is 0. The number of nitrogens with zero attached hydrogens (tertiary/aromatic N) is 2. The molecule has 2 aliphatic rings. The molecule has 5 nitrogen and oxygen atoms in total. The predicted molar refractivity (Wildman–Crippen MR) is 55.5 cm³/mol. The van der Waals surface area contributed by atoms with Gasteiger partial charge in [0.05, 0.1) is 16.8 Å². The summed E-state index contributed by atoms with van der Waals surface area (Å²) < 4.78 is 30.2. The molecule has 0 bridgehead atoms. The molecule has 2 heterocycles. The van der Waals surface area contributed by atoms with E-state index in [2.05, 4.69) is 9.98 Å². The molecule has 76 valence electrons. The summed E-state index contributed by atoms with van der Waals surface area (Å²) in [7, 11) is -4.11. The van der Waals surface area contributed by atoms with Crippen molar-refractivity contribution in [3.8, 4) is 0 Å². The number of hydrogen-bond donors (Lipinski definition) is 1. The van der Waals surface area contributed by atoms with Crippen LogP contribution < -0.4 is 0 Å². The van der Waals surface area contributed by atoms with Crippen LogP contribution in [0.25, 0.3) is 0 Å². The Labute approximate surface area is 87.1 Å². The van der Waals surface area contributed by atoms with Crippen molar-refractivity contribution >= 4 is 34.5 Å². The molecule has 0 saturated heterocycles. The quantitative estimate of drug-likeness (QED) is 0.686. The van der Waals surface area contributed by atoms with Gasteiger partial charge in [-0.15, -0.1) is 12.4 Å². The highest BCUT2D eigenvalue weighted by atomic mass is 35.5. The molecule has 0 aromatic carbocycles. The Morgan fingerprint density at radius 3 is 2.71 bits per heavy atom. The molecule has 7 heteroatoms. The van der Waals surface area contributed by atoms with Crippen LogP contribution in [0.2, 0.25) is 0 Å². The maximum Gasteiger partial charge on any atom is 0.292 e. The van der Waals surface area contributed by atoms with Crippen molar-refractivity contribution in [3.63, 3.8) is 0 Å². The van der Waals surface area contributed by atoms with E-state index < -0.39 is 10.1 Å². The molecule has 0 aliphatic carbocycles. The van der Waals surface area contributed by atoms with Gasteiger partial charge in [0.2, 0.25) is 0 Å². The lowest BCUT2D eigenvalue weighted by molar-refractivity contribution is 0.489. The zero-order valence-corrected chi connectivity index (χ0v) is 8.55. The van der Waals surface area contributed by atoms with Gasteiger partial charge in [-0.25, -0.2) is 0 Å². The highest BCUT2D eigenvalue weighted by Crippen LogP contribution is 2.23. The number of halogens is 1. The maximum absolute atomic E-state index is 10.7. The fourth-order valence-electron chi connectivity index (χ4n) is 1.13. The third kappa shape index (κ3) is 1.92. The van der Waals surface area contributed by atoms with Crippen LogP contribution in [-0.2, 0) is 10.1 Å². The zero-order valence-electron chi connectivity index (χ0n) is 6.91. The summed E-state index contributed by atoms with van der Waals surface area (Å²) in [6.45, 7) is 0. The molecule has 0 atom stereocenters. The first-order valence-electron chi connectivity index (χ1n) is 3.54. The molecule has 0 spiro atoms. The zero-order chi connectivity index (χ0) is 9.47. The average Bonchev–Trinajstić information content (AvgIpc) is 2.47. The predicted octanol–water partition coefficient (Wildman–Crippen LogP) is 0.950. The van der Waals surface area contributed by atoms with E-state index >= 15 is 0 Å². The molecule has 0 unspecified atom stereocenters. The van der Waals surface area contributed by atoms with E-state index in [0.717, 1.165) is 11.8 Å². The van der Waals surface area contributed by atoms with Gasteiger partial charge >= 0.3 is 0 Å². The van der Waals surface area contributed by atoms with Crippen molar-refractivity contribution in [2.24, 2.45) is 9.98 Å². The highest BCUT2D eigenvalue weighted by Gasteiger charge is 2.22. The topological polar surface area (TPSA) is 79.1 Å². The Hall–Kier alpha value is -0.980. The molecule has 2 rings (SSSR count). The van der Waals surface area contributed by atoms with Gasteiger partial charge in [0.15, 0.2) is 0 Å². The Balaban J connectivity index is 0.000000980. The first kappa shape index (κ1) is 11.1. The Morgan fingerprint density at radius 2 is 2.07 bits per heavy atom. The first-order valence-corrected chi connectivity index (χ1v) is 4.98. The molecule has 0 fully saturated rings. The van der Waals surface area contributed by atoms with Crippen LogP contribution in [0.4, 0.5) is 0 Å². The largest absolute Gasteiger partial charge is 0.292 e. The second-order valence-corrected chi connectivity index (χ2v) is 4.17. The van der Waals surface area contributed by atoms with Crippen molar-refractivity contribution in [2.75, 3.05) is 0 Å². The molecule has 14 heavy (non-hydrogen) atoms. The van der Waals surface area contributed by atoms with E-state index in [-0.39, 0.29) is 23.7 Å². The number of hydrogen-bond acceptors (Lipinski definition) is 4. The summed E-state index contributed by atoms with van der Waals surface area (Å²) in [6.07, 6.45) is 4.40. The van der Waals surface area contributed by atoms with Crippen LogP contribution in [0.5, 0.6) is 0 Å². The normalized spacial score (nSPS) is 19.1. The Bertz CT molecular complexity index is 473. The molecule has 0 radical (unpaired) electrons. The van der Waals surface area contributed by atoms with Gasteiger partial charge in [-0.1, -0.05) is 0 Å². The Kier molecular flexibility index (Phi) is 2.89. The number of allylic oxidation sites excluding steroid dienone is 2. The summed E-state index contributed by atoms with van der Waals surface area (Å²) in [6, 6.07) is 0. The van der Waals surface area contributed by atoms with Crippen LogP contribution in [0.1, 0.15) is 6.42 Å². The summed E-state index contributed by atoms with van der Waals surface area (Å²) in [5.41, 5.74) is 1.38. The maximum atomic E-state index is 10.7. The molecule has 0 aromatic heterocycles. The molecule has 0 aromatic rings. The van der Waals surface area contributed by atoms with Crippen molar-refractivity contribution in [3.05, 3.63) is 22.9 Å². The van der Waals surface area contributed by atoms with Crippen molar-refractivity contribution in [1.82, 2.24) is 0 Å². The SMILES string of the molecule is Cl.O=S(=O)(O)C1=CN=C2C=NC=C2C1. The fourth-order valence-corrected chi connectivity index (χ4v) is 1.66. The third-order valence-electron chi connectivity index (χ3n) is 1.80. The van der Waals surface area contributed by atoms with E-state index in [1.807, 2.05) is 0 Å². The smallest absolute Gasteiger partial charge is 0.282 e. The Morgan fingerprint density at radius 1 is 1.36 bits per heavy atom. The summed E-state index contributed by atoms with van der Waals surface area (Å²) >= 11 is 0. The van der Waals surface area contributed by atoms with Gasteiger partial charge < -0.3 is 0 Å².